The molecule has 0 saturated carbocycles. The second-order valence-electron chi connectivity index (χ2n) is 5.73. The maximum atomic E-state index is 12.9. The first-order valence-corrected chi connectivity index (χ1v) is 7.47. The Morgan fingerprint density at radius 2 is 2.00 bits per heavy atom. The van der Waals surface area contributed by atoms with Crippen molar-refractivity contribution in [1.29, 1.82) is 0 Å². The van der Waals surface area contributed by atoms with E-state index in [9.17, 15) is 14.0 Å². The number of benzene rings is 1. The number of nitrogens with one attached hydrogen (secondary N) is 1. The van der Waals surface area contributed by atoms with E-state index in [1.165, 1.54) is 25.1 Å². The molecule has 5 nitrogen and oxygen atoms in total. The summed E-state index contributed by atoms with van der Waals surface area (Å²) in [6.07, 6.45) is -0.924. The van der Waals surface area contributed by atoms with Crippen molar-refractivity contribution in [2.75, 3.05) is 6.61 Å². The standard InChI is InChI=1S/C15H19BrFNO4/c1-9(14(20)18-15(2,3)4)22-13(19)8-21-12-6-5-10(17)7-11(12)16/h5-7,9H,8H2,1-4H3,(H,18,20)/t9-/m0/s1. The van der Waals surface area contributed by atoms with Gasteiger partial charge in [0.1, 0.15) is 11.6 Å². The third kappa shape index (κ3) is 6.43. The fourth-order valence-corrected chi connectivity index (χ4v) is 1.95. The number of rotatable bonds is 5. The Labute approximate surface area is 137 Å². The lowest BCUT2D eigenvalue weighted by molar-refractivity contribution is -0.157. The molecule has 1 aromatic rings. The van der Waals surface area contributed by atoms with Crippen LogP contribution < -0.4 is 10.1 Å². The number of carbonyl (C=O) groups is 2. The van der Waals surface area contributed by atoms with Crippen LogP contribution in [0.3, 0.4) is 0 Å². The van der Waals surface area contributed by atoms with Gasteiger partial charge in [-0.15, -0.1) is 0 Å². The summed E-state index contributed by atoms with van der Waals surface area (Å²) in [6.45, 7) is 6.59. The van der Waals surface area contributed by atoms with Crippen LogP contribution in [-0.4, -0.2) is 30.1 Å². The maximum Gasteiger partial charge on any atom is 0.344 e. The van der Waals surface area contributed by atoms with Crippen LogP contribution in [0.4, 0.5) is 4.39 Å². The third-order valence-electron chi connectivity index (χ3n) is 2.42. The number of carbonyl (C=O) groups excluding carboxylic acids is 2. The second kappa shape index (κ2) is 7.58. The zero-order valence-electron chi connectivity index (χ0n) is 12.9. The average Bonchev–Trinajstić information content (AvgIpc) is 2.35. The molecule has 7 heteroatoms. The van der Waals surface area contributed by atoms with Gasteiger partial charge in [-0.25, -0.2) is 9.18 Å². The van der Waals surface area contributed by atoms with Crippen molar-refractivity contribution in [3.8, 4) is 5.75 Å². The van der Waals surface area contributed by atoms with Gasteiger partial charge < -0.3 is 14.8 Å². The molecule has 0 aliphatic heterocycles. The number of hydrogen-bond donors (Lipinski definition) is 1. The van der Waals surface area contributed by atoms with Gasteiger partial charge in [-0.2, -0.15) is 0 Å². The van der Waals surface area contributed by atoms with Crippen LogP contribution in [-0.2, 0) is 14.3 Å². The summed E-state index contributed by atoms with van der Waals surface area (Å²) >= 11 is 3.12. The molecule has 22 heavy (non-hydrogen) atoms. The summed E-state index contributed by atoms with van der Waals surface area (Å²) in [6, 6.07) is 3.83. The van der Waals surface area contributed by atoms with E-state index in [1.807, 2.05) is 20.8 Å². The Hall–Kier alpha value is -1.63. The molecular weight excluding hydrogens is 357 g/mol. The van der Waals surface area contributed by atoms with Crippen molar-refractivity contribution >= 4 is 27.8 Å². The molecule has 0 fully saturated rings. The topological polar surface area (TPSA) is 64.6 Å². The summed E-state index contributed by atoms with van der Waals surface area (Å²) < 4.78 is 23.5. The van der Waals surface area contributed by atoms with Gasteiger partial charge in [-0.3, -0.25) is 4.79 Å². The fraction of sp³-hybridized carbons (Fsp3) is 0.467. The molecule has 0 aliphatic carbocycles. The summed E-state index contributed by atoms with van der Waals surface area (Å²) in [5.74, 6) is -1.18. The van der Waals surface area contributed by atoms with Crippen molar-refractivity contribution in [2.45, 2.75) is 39.3 Å². The largest absolute Gasteiger partial charge is 0.481 e. The van der Waals surface area contributed by atoms with Crippen LogP contribution in [0.2, 0.25) is 0 Å². The normalized spacial score (nSPS) is 12.5. The van der Waals surface area contributed by atoms with Crippen LogP contribution >= 0.6 is 15.9 Å². The van der Waals surface area contributed by atoms with Gasteiger partial charge in [0.05, 0.1) is 4.47 Å². The van der Waals surface area contributed by atoms with E-state index in [4.69, 9.17) is 9.47 Å². The predicted octanol–water partition coefficient (Wildman–Crippen LogP) is 2.81. The zero-order chi connectivity index (χ0) is 16.9. The van der Waals surface area contributed by atoms with Gasteiger partial charge in [0.25, 0.3) is 5.91 Å². The molecule has 122 valence electrons. The van der Waals surface area contributed by atoms with E-state index in [0.29, 0.717) is 10.2 Å². The lowest BCUT2D eigenvalue weighted by atomic mass is 10.1. The molecule has 1 amide bonds. The fourth-order valence-electron chi connectivity index (χ4n) is 1.48. The highest BCUT2D eigenvalue weighted by Gasteiger charge is 2.22. The Balaban J connectivity index is 2.47. The van der Waals surface area contributed by atoms with E-state index in [2.05, 4.69) is 21.2 Å². The third-order valence-corrected chi connectivity index (χ3v) is 3.03. The monoisotopic (exact) mass is 375 g/mol. The molecule has 1 rings (SSSR count). The number of halogens is 2. The summed E-state index contributed by atoms with van der Waals surface area (Å²) in [5, 5.41) is 2.71. The van der Waals surface area contributed by atoms with Gasteiger partial charge in [-0.05, 0) is 61.8 Å². The van der Waals surface area contributed by atoms with E-state index in [1.54, 1.807) is 0 Å². The van der Waals surface area contributed by atoms with Gasteiger partial charge in [0, 0.05) is 5.54 Å². The molecule has 0 heterocycles. The van der Waals surface area contributed by atoms with Crippen LogP contribution in [0.5, 0.6) is 5.75 Å². The first-order chi connectivity index (χ1) is 10.1. The van der Waals surface area contributed by atoms with Gasteiger partial charge in [-0.1, -0.05) is 0 Å². The molecule has 0 saturated heterocycles. The zero-order valence-corrected chi connectivity index (χ0v) is 14.5. The molecule has 0 aromatic heterocycles. The Morgan fingerprint density at radius 1 is 1.36 bits per heavy atom. The van der Waals surface area contributed by atoms with Crippen LogP contribution in [0.1, 0.15) is 27.7 Å². The van der Waals surface area contributed by atoms with E-state index in [0.717, 1.165) is 0 Å². The average molecular weight is 376 g/mol. The minimum atomic E-state index is -0.924. The minimum Gasteiger partial charge on any atom is -0.481 e. The first kappa shape index (κ1) is 18.4. The SMILES string of the molecule is C[C@H](OC(=O)COc1ccc(F)cc1Br)C(=O)NC(C)(C)C. The van der Waals surface area contributed by atoms with E-state index >= 15 is 0 Å². The lowest BCUT2D eigenvalue weighted by Crippen LogP contribution is -2.46. The molecule has 1 atom stereocenters. The quantitative estimate of drug-likeness (QED) is 0.803. The molecule has 0 aliphatic rings. The Bertz CT molecular complexity index is 557. The highest BCUT2D eigenvalue weighted by atomic mass is 79.9. The smallest absolute Gasteiger partial charge is 0.344 e. The Morgan fingerprint density at radius 3 is 2.55 bits per heavy atom. The first-order valence-electron chi connectivity index (χ1n) is 6.68. The van der Waals surface area contributed by atoms with Gasteiger partial charge in [0.15, 0.2) is 12.7 Å². The van der Waals surface area contributed by atoms with Gasteiger partial charge >= 0.3 is 5.97 Å². The van der Waals surface area contributed by atoms with Crippen molar-refractivity contribution in [2.24, 2.45) is 0 Å². The van der Waals surface area contributed by atoms with Crippen molar-refractivity contribution in [1.82, 2.24) is 5.32 Å². The second-order valence-corrected chi connectivity index (χ2v) is 6.59. The summed E-state index contributed by atoms with van der Waals surface area (Å²) in [4.78, 5) is 23.4. The summed E-state index contributed by atoms with van der Waals surface area (Å²) in [7, 11) is 0. The van der Waals surface area contributed by atoms with Crippen LogP contribution in [0.25, 0.3) is 0 Å². The molecule has 0 unspecified atom stereocenters. The van der Waals surface area contributed by atoms with Crippen molar-refractivity contribution in [3.63, 3.8) is 0 Å². The molecule has 0 bridgehead atoms. The number of esters is 1. The number of amides is 1. The van der Waals surface area contributed by atoms with Crippen molar-refractivity contribution < 1.29 is 23.5 Å². The number of hydrogen-bond acceptors (Lipinski definition) is 4. The molecule has 1 aromatic carbocycles. The van der Waals surface area contributed by atoms with Crippen LogP contribution in [0, 0.1) is 5.82 Å². The summed E-state index contributed by atoms with van der Waals surface area (Å²) in [5.41, 5.74) is -0.409. The molecule has 0 radical (unpaired) electrons. The maximum absolute atomic E-state index is 12.9. The lowest BCUT2D eigenvalue weighted by Gasteiger charge is -2.23. The Kier molecular flexibility index (Phi) is 6.34. The molecular formula is C15H19BrFNO4. The highest BCUT2D eigenvalue weighted by Crippen LogP contribution is 2.25. The van der Waals surface area contributed by atoms with E-state index < -0.39 is 23.4 Å². The van der Waals surface area contributed by atoms with Crippen LogP contribution in [0.15, 0.2) is 22.7 Å². The molecule has 0 spiro atoms. The number of ether oxygens (including phenoxy) is 2. The minimum absolute atomic E-state index is 0.310. The highest BCUT2D eigenvalue weighted by molar-refractivity contribution is 9.10. The predicted molar refractivity (Wildman–Crippen MR) is 83.0 cm³/mol. The van der Waals surface area contributed by atoms with E-state index in [-0.39, 0.29) is 12.5 Å². The van der Waals surface area contributed by atoms with Gasteiger partial charge in [0.2, 0.25) is 0 Å². The molecule has 1 N–H and O–H groups in total. The van der Waals surface area contributed by atoms with Crippen molar-refractivity contribution in [3.05, 3.63) is 28.5 Å².